The van der Waals surface area contributed by atoms with Gasteiger partial charge in [0.25, 0.3) is 5.91 Å². The molecule has 0 aliphatic rings. The number of carbonyl (C=O) groups excluding carboxylic acids is 1. The van der Waals surface area contributed by atoms with Crippen LogP contribution in [0.2, 0.25) is 0 Å². The van der Waals surface area contributed by atoms with Crippen molar-refractivity contribution in [1.82, 2.24) is 10.6 Å². The Hall–Kier alpha value is -2.56. The maximum Gasteiger partial charge on any atom is 0.303 e. The minimum atomic E-state index is -0.935. The van der Waals surface area contributed by atoms with Crippen molar-refractivity contribution in [2.45, 2.75) is 38.5 Å². The molecule has 0 fully saturated rings. The summed E-state index contributed by atoms with van der Waals surface area (Å²) >= 11 is 0. The van der Waals surface area contributed by atoms with E-state index in [9.17, 15) is 14.4 Å². The second-order valence-electron chi connectivity index (χ2n) is 4.58. The van der Waals surface area contributed by atoms with Gasteiger partial charge in [-0.25, -0.2) is 0 Å². The van der Waals surface area contributed by atoms with Gasteiger partial charge in [-0.05, 0) is 19.3 Å². The van der Waals surface area contributed by atoms with Gasteiger partial charge in [-0.2, -0.15) is 5.26 Å². The van der Waals surface area contributed by atoms with Crippen LogP contribution >= 0.6 is 0 Å². The van der Waals surface area contributed by atoms with Gasteiger partial charge in [0.15, 0.2) is 0 Å². The minimum absolute atomic E-state index is 0.0412. The normalized spacial score (nSPS) is 10.6. The van der Waals surface area contributed by atoms with Crippen LogP contribution in [0.25, 0.3) is 0 Å². The van der Waals surface area contributed by atoms with Gasteiger partial charge in [-0.15, -0.1) is 0 Å². The molecule has 0 rings (SSSR count). The Morgan fingerprint density at radius 3 is 2.18 bits per heavy atom. The highest BCUT2D eigenvalue weighted by Crippen LogP contribution is 1.99. The number of rotatable bonds is 12. The molecule has 122 valence electrons. The smallest absolute Gasteiger partial charge is 0.303 e. The van der Waals surface area contributed by atoms with Gasteiger partial charge in [-0.1, -0.05) is 6.42 Å². The van der Waals surface area contributed by atoms with Gasteiger partial charge in [0.1, 0.15) is 11.6 Å². The molecule has 0 aromatic carbocycles. The summed E-state index contributed by atoms with van der Waals surface area (Å²) in [7, 11) is 0. The van der Waals surface area contributed by atoms with Gasteiger partial charge in [0.2, 0.25) is 0 Å². The van der Waals surface area contributed by atoms with E-state index in [1.54, 1.807) is 6.07 Å². The van der Waals surface area contributed by atoms with Crippen LogP contribution in [0.4, 0.5) is 0 Å². The Balaban J connectivity index is 3.87. The van der Waals surface area contributed by atoms with Crippen molar-refractivity contribution in [3.8, 4) is 6.07 Å². The van der Waals surface area contributed by atoms with Crippen molar-refractivity contribution in [3.05, 3.63) is 11.8 Å². The summed E-state index contributed by atoms with van der Waals surface area (Å²) in [6.07, 6.45) is 3.79. The lowest BCUT2D eigenvalue weighted by atomic mass is 10.2. The zero-order valence-corrected chi connectivity index (χ0v) is 12.3. The van der Waals surface area contributed by atoms with Crippen molar-refractivity contribution >= 4 is 17.8 Å². The van der Waals surface area contributed by atoms with Crippen LogP contribution in [-0.4, -0.2) is 41.1 Å². The highest BCUT2D eigenvalue weighted by molar-refractivity contribution is 5.97. The molecule has 0 aromatic rings. The first-order chi connectivity index (χ1) is 10.5. The molecule has 0 spiro atoms. The van der Waals surface area contributed by atoms with Crippen molar-refractivity contribution in [3.63, 3.8) is 0 Å². The standard InChI is InChI=1S/C14H21N3O5/c15-9-11(14(22)17-8-4-6-13(20)21)10-16-7-3-1-2-5-12(18)19/h10,16H,1-8H2,(H,17,22)(H,18,19)(H,20,21)/b11-10-. The fraction of sp³-hybridized carbons (Fsp3) is 0.571. The molecule has 0 saturated carbocycles. The average Bonchev–Trinajstić information content (AvgIpc) is 2.45. The van der Waals surface area contributed by atoms with E-state index >= 15 is 0 Å². The third-order valence-corrected chi connectivity index (χ3v) is 2.68. The van der Waals surface area contributed by atoms with E-state index in [1.807, 2.05) is 0 Å². The van der Waals surface area contributed by atoms with Crippen LogP contribution in [0.5, 0.6) is 0 Å². The number of nitriles is 1. The second kappa shape index (κ2) is 12.2. The Kier molecular flexibility index (Phi) is 10.8. The van der Waals surface area contributed by atoms with Crippen LogP contribution in [0, 0.1) is 11.3 Å². The topological polar surface area (TPSA) is 140 Å². The van der Waals surface area contributed by atoms with Crippen LogP contribution in [0.1, 0.15) is 38.5 Å². The molecule has 8 nitrogen and oxygen atoms in total. The number of hydrogen-bond donors (Lipinski definition) is 4. The Morgan fingerprint density at radius 2 is 1.59 bits per heavy atom. The SMILES string of the molecule is N#C/C(=C/NCCCCCC(=O)O)C(=O)NCCCC(=O)O. The maximum atomic E-state index is 11.6. The fourth-order valence-electron chi connectivity index (χ4n) is 1.54. The number of nitrogens with one attached hydrogen (secondary N) is 2. The summed E-state index contributed by atoms with van der Waals surface area (Å²) in [6, 6.07) is 1.76. The summed E-state index contributed by atoms with van der Waals surface area (Å²) in [5.74, 6) is -2.31. The number of carboxylic acids is 2. The Morgan fingerprint density at radius 1 is 0.955 bits per heavy atom. The van der Waals surface area contributed by atoms with Gasteiger partial charge in [0.05, 0.1) is 0 Å². The van der Waals surface area contributed by atoms with Crippen molar-refractivity contribution in [2.75, 3.05) is 13.1 Å². The van der Waals surface area contributed by atoms with Crippen LogP contribution in [0.15, 0.2) is 11.8 Å². The first kappa shape index (κ1) is 19.4. The van der Waals surface area contributed by atoms with E-state index in [1.165, 1.54) is 6.20 Å². The number of amides is 1. The summed E-state index contributed by atoms with van der Waals surface area (Å²) in [5.41, 5.74) is -0.0825. The monoisotopic (exact) mass is 311 g/mol. The van der Waals surface area contributed by atoms with Gasteiger partial charge >= 0.3 is 11.9 Å². The van der Waals surface area contributed by atoms with Gasteiger partial charge in [-0.3, -0.25) is 14.4 Å². The lowest BCUT2D eigenvalue weighted by Gasteiger charge is -2.04. The van der Waals surface area contributed by atoms with E-state index in [-0.39, 0.29) is 25.0 Å². The molecular weight excluding hydrogens is 290 g/mol. The predicted molar refractivity (Wildman–Crippen MR) is 77.7 cm³/mol. The largest absolute Gasteiger partial charge is 0.481 e. The van der Waals surface area contributed by atoms with Crippen molar-refractivity contribution in [1.29, 1.82) is 5.26 Å². The number of nitrogens with zero attached hydrogens (tertiary/aromatic N) is 1. The van der Waals surface area contributed by atoms with E-state index in [4.69, 9.17) is 15.5 Å². The number of aliphatic carboxylic acids is 2. The highest BCUT2D eigenvalue weighted by atomic mass is 16.4. The van der Waals surface area contributed by atoms with Crippen LogP contribution in [0.3, 0.4) is 0 Å². The number of hydrogen-bond acceptors (Lipinski definition) is 5. The second-order valence-corrected chi connectivity index (χ2v) is 4.58. The highest BCUT2D eigenvalue weighted by Gasteiger charge is 2.08. The quantitative estimate of drug-likeness (QED) is 0.235. The fourth-order valence-corrected chi connectivity index (χ4v) is 1.54. The summed E-state index contributed by atoms with van der Waals surface area (Å²) in [5, 5.41) is 31.1. The molecule has 4 N–H and O–H groups in total. The lowest BCUT2D eigenvalue weighted by Crippen LogP contribution is -2.27. The Labute approximate surface area is 128 Å². The molecule has 22 heavy (non-hydrogen) atoms. The molecule has 0 bridgehead atoms. The van der Waals surface area contributed by atoms with E-state index in [0.29, 0.717) is 19.4 Å². The average molecular weight is 311 g/mol. The first-order valence-corrected chi connectivity index (χ1v) is 7.02. The minimum Gasteiger partial charge on any atom is -0.481 e. The number of unbranched alkanes of at least 4 members (excludes halogenated alkanes) is 2. The zero-order chi connectivity index (χ0) is 16.8. The first-order valence-electron chi connectivity index (χ1n) is 7.02. The Bertz CT molecular complexity index is 454. The molecule has 0 aliphatic carbocycles. The summed E-state index contributed by atoms with van der Waals surface area (Å²) in [4.78, 5) is 32.2. The third-order valence-electron chi connectivity index (χ3n) is 2.68. The molecule has 0 saturated heterocycles. The number of carbonyl (C=O) groups is 3. The predicted octanol–water partition coefficient (Wildman–Crippen LogP) is 0.609. The molecule has 0 atom stereocenters. The third kappa shape index (κ3) is 11.3. The summed E-state index contributed by atoms with van der Waals surface area (Å²) in [6.45, 7) is 0.733. The van der Waals surface area contributed by atoms with E-state index in [0.717, 1.165) is 12.8 Å². The molecule has 0 heterocycles. The molecule has 8 heteroatoms. The lowest BCUT2D eigenvalue weighted by molar-refractivity contribution is -0.138. The van der Waals surface area contributed by atoms with Crippen molar-refractivity contribution in [2.24, 2.45) is 0 Å². The van der Waals surface area contributed by atoms with Crippen molar-refractivity contribution < 1.29 is 24.6 Å². The van der Waals surface area contributed by atoms with Crippen LogP contribution < -0.4 is 10.6 Å². The molecule has 1 amide bonds. The molecular formula is C14H21N3O5. The van der Waals surface area contributed by atoms with Gasteiger partial charge < -0.3 is 20.8 Å². The summed E-state index contributed by atoms with van der Waals surface area (Å²) < 4.78 is 0. The van der Waals surface area contributed by atoms with E-state index < -0.39 is 17.8 Å². The molecule has 0 radical (unpaired) electrons. The molecule has 0 aliphatic heterocycles. The van der Waals surface area contributed by atoms with E-state index in [2.05, 4.69) is 10.6 Å². The zero-order valence-electron chi connectivity index (χ0n) is 12.3. The van der Waals surface area contributed by atoms with Gasteiger partial charge in [0, 0.05) is 32.1 Å². The number of carboxylic acid groups (broad SMARTS) is 2. The molecule has 0 unspecified atom stereocenters. The molecule has 0 aromatic heterocycles. The van der Waals surface area contributed by atoms with Crippen LogP contribution in [-0.2, 0) is 14.4 Å². The maximum absolute atomic E-state index is 11.6.